The molecule has 0 aliphatic carbocycles. The minimum atomic E-state index is -0.585. The SMILES string of the molecule is Cn1nnnc1SC[C@@H]1C[C@H](c2ccc(CO)cc2)O[C@H](c2ccc(NC(=O)c3ccccc3)cc2)O1. The van der Waals surface area contributed by atoms with Crippen LogP contribution in [0.2, 0.25) is 0 Å². The fraction of sp³-hybridized carbons (Fsp3) is 0.259. The van der Waals surface area contributed by atoms with Crippen LogP contribution in [0.25, 0.3) is 0 Å². The summed E-state index contributed by atoms with van der Waals surface area (Å²) in [5.41, 5.74) is 4.00. The van der Waals surface area contributed by atoms with Crippen molar-refractivity contribution in [3.63, 3.8) is 0 Å². The van der Waals surface area contributed by atoms with E-state index in [4.69, 9.17) is 9.47 Å². The lowest BCUT2D eigenvalue weighted by atomic mass is 10.0. The molecule has 1 saturated heterocycles. The number of nitrogens with zero attached hydrogens (tertiary/aromatic N) is 4. The van der Waals surface area contributed by atoms with E-state index in [1.165, 1.54) is 11.8 Å². The number of aromatic nitrogens is 4. The van der Waals surface area contributed by atoms with E-state index in [1.807, 2.05) is 66.7 Å². The fourth-order valence-electron chi connectivity index (χ4n) is 4.05. The molecule has 5 rings (SSSR count). The van der Waals surface area contributed by atoms with Crippen LogP contribution in [0, 0.1) is 0 Å². The van der Waals surface area contributed by atoms with Crippen molar-refractivity contribution >= 4 is 23.4 Å². The van der Waals surface area contributed by atoms with Crippen molar-refractivity contribution in [1.29, 1.82) is 0 Å². The molecule has 1 aliphatic rings. The highest BCUT2D eigenvalue weighted by Gasteiger charge is 2.32. The molecular formula is C27H27N5O4S. The standard InChI is InChI=1S/C27H27N5O4S/c1-32-27(29-30-31-32)37-17-23-15-24(19-9-7-18(16-33)8-10-19)36-26(35-23)21-11-13-22(14-12-21)28-25(34)20-5-3-2-4-6-20/h2-14,23-24,26,33H,15-17H2,1H3,(H,28,34)/t23-,24+,26+/m0/s1. The number of aliphatic hydroxyl groups is 1. The third kappa shape index (κ3) is 6.23. The zero-order valence-corrected chi connectivity index (χ0v) is 21.0. The molecule has 1 aromatic heterocycles. The number of tetrazole rings is 1. The van der Waals surface area contributed by atoms with Gasteiger partial charge >= 0.3 is 0 Å². The Bertz CT molecular complexity index is 1310. The van der Waals surface area contributed by atoms with Crippen molar-refractivity contribution in [3.05, 3.63) is 101 Å². The predicted molar refractivity (Wildman–Crippen MR) is 139 cm³/mol. The van der Waals surface area contributed by atoms with Crippen molar-refractivity contribution < 1.29 is 19.4 Å². The van der Waals surface area contributed by atoms with Crippen LogP contribution in [0.5, 0.6) is 0 Å². The van der Waals surface area contributed by atoms with Crippen LogP contribution in [0.3, 0.4) is 0 Å². The maximum Gasteiger partial charge on any atom is 0.255 e. The summed E-state index contributed by atoms with van der Waals surface area (Å²) in [7, 11) is 1.81. The van der Waals surface area contributed by atoms with E-state index < -0.39 is 6.29 Å². The molecule has 10 heteroatoms. The second kappa shape index (κ2) is 11.7. The van der Waals surface area contributed by atoms with Crippen molar-refractivity contribution in [2.24, 2.45) is 7.05 Å². The summed E-state index contributed by atoms with van der Waals surface area (Å²) < 4.78 is 14.4. The lowest BCUT2D eigenvalue weighted by molar-refractivity contribution is -0.245. The highest BCUT2D eigenvalue weighted by atomic mass is 32.2. The first kappa shape index (κ1) is 25.1. The molecule has 2 heterocycles. The third-order valence-electron chi connectivity index (χ3n) is 6.07. The van der Waals surface area contributed by atoms with Crippen molar-refractivity contribution in [2.45, 2.75) is 36.7 Å². The fourth-order valence-corrected chi connectivity index (χ4v) is 4.92. The van der Waals surface area contributed by atoms with Gasteiger partial charge in [0.2, 0.25) is 5.16 Å². The zero-order chi connectivity index (χ0) is 25.6. The van der Waals surface area contributed by atoms with E-state index in [0.29, 0.717) is 28.6 Å². The Labute approximate surface area is 218 Å². The quantitative estimate of drug-likeness (QED) is 0.333. The first-order valence-corrected chi connectivity index (χ1v) is 12.9. The van der Waals surface area contributed by atoms with Crippen LogP contribution >= 0.6 is 11.8 Å². The number of aryl methyl sites for hydroxylation is 1. The Hall–Kier alpha value is -3.57. The summed E-state index contributed by atoms with van der Waals surface area (Å²) >= 11 is 1.53. The highest BCUT2D eigenvalue weighted by Crippen LogP contribution is 2.39. The highest BCUT2D eigenvalue weighted by molar-refractivity contribution is 7.99. The van der Waals surface area contributed by atoms with Gasteiger partial charge in [0.15, 0.2) is 6.29 Å². The largest absolute Gasteiger partial charge is 0.392 e. The number of carbonyl (C=O) groups excluding carboxylic acids is 1. The Morgan fingerprint density at radius 1 is 1.03 bits per heavy atom. The Balaban J connectivity index is 1.31. The summed E-state index contributed by atoms with van der Waals surface area (Å²) in [4.78, 5) is 12.5. The van der Waals surface area contributed by atoms with Gasteiger partial charge in [-0.15, -0.1) is 5.10 Å². The normalized spacial score (nSPS) is 19.5. The molecule has 0 radical (unpaired) electrons. The molecule has 0 spiro atoms. The maximum absolute atomic E-state index is 12.5. The Morgan fingerprint density at radius 3 is 2.43 bits per heavy atom. The topological polar surface area (TPSA) is 111 Å². The first-order chi connectivity index (χ1) is 18.1. The van der Waals surface area contributed by atoms with Gasteiger partial charge in [-0.2, -0.15) is 0 Å². The molecule has 4 aromatic rings. The average molecular weight is 518 g/mol. The summed E-state index contributed by atoms with van der Waals surface area (Å²) in [5.74, 6) is 0.491. The molecule has 0 unspecified atom stereocenters. The number of hydrogen-bond acceptors (Lipinski definition) is 8. The van der Waals surface area contributed by atoms with Gasteiger partial charge in [-0.05, 0) is 45.8 Å². The number of amides is 1. The van der Waals surface area contributed by atoms with E-state index >= 15 is 0 Å². The third-order valence-corrected chi connectivity index (χ3v) is 7.21. The van der Waals surface area contributed by atoms with Crippen molar-refractivity contribution in [2.75, 3.05) is 11.1 Å². The Morgan fingerprint density at radius 2 is 1.76 bits per heavy atom. The summed E-state index contributed by atoms with van der Waals surface area (Å²) in [6.07, 6.45) is -0.218. The van der Waals surface area contributed by atoms with Crippen LogP contribution in [0.4, 0.5) is 5.69 Å². The van der Waals surface area contributed by atoms with E-state index in [0.717, 1.165) is 16.7 Å². The molecule has 0 bridgehead atoms. The molecule has 3 atom stereocenters. The van der Waals surface area contributed by atoms with Gasteiger partial charge in [-0.25, -0.2) is 4.68 Å². The molecule has 9 nitrogen and oxygen atoms in total. The van der Waals surface area contributed by atoms with E-state index in [9.17, 15) is 9.90 Å². The lowest BCUT2D eigenvalue weighted by Gasteiger charge is -2.36. The number of thioether (sulfide) groups is 1. The van der Waals surface area contributed by atoms with Gasteiger partial charge < -0.3 is 19.9 Å². The van der Waals surface area contributed by atoms with Gasteiger partial charge in [-0.3, -0.25) is 4.79 Å². The first-order valence-electron chi connectivity index (χ1n) is 11.9. The molecule has 1 amide bonds. The average Bonchev–Trinajstić information content (AvgIpc) is 3.37. The van der Waals surface area contributed by atoms with Crippen LogP contribution in [-0.2, 0) is 23.1 Å². The number of aliphatic hydroxyl groups excluding tert-OH is 1. The van der Waals surface area contributed by atoms with E-state index in [1.54, 1.807) is 23.9 Å². The van der Waals surface area contributed by atoms with Gasteiger partial charge in [0.25, 0.3) is 5.91 Å². The molecule has 2 N–H and O–H groups in total. The molecule has 3 aromatic carbocycles. The summed E-state index contributed by atoms with van der Waals surface area (Å²) in [6.45, 7) is -0.00427. The van der Waals surface area contributed by atoms with E-state index in [2.05, 4.69) is 20.8 Å². The number of benzene rings is 3. The Kier molecular flexibility index (Phi) is 7.90. The smallest absolute Gasteiger partial charge is 0.255 e. The number of rotatable bonds is 8. The summed E-state index contributed by atoms with van der Waals surface area (Å²) in [5, 5.41) is 24.7. The zero-order valence-electron chi connectivity index (χ0n) is 20.2. The van der Waals surface area contributed by atoms with Gasteiger partial charge in [0.1, 0.15) is 0 Å². The van der Waals surface area contributed by atoms with Crippen LogP contribution in [-0.4, -0.2) is 43.1 Å². The molecule has 37 heavy (non-hydrogen) atoms. The van der Waals surface area contributed by atoms with Gasteiger partial charge in [-0.1, -0.05) is 66.4 Å². The second-order valence-electron chi connectivity index (χ2n) is 8.69. The number of ether oxygens (including phenoxy) is 2. The van der Waals surface area contributed by atoms with Crippen LogP contribution < -0.4 is 5.32 Å². The second-order valence-corrected chi connectivity index (χ2v) is 9.68. The number of hydrogen-bond donors (Lipinski definition) is 2. The maximum atomic E-state index is 12.5. The van der Waals surface area contributed by atoms with E-state index in [-0.39, 0.29) is 24.7 Å². The minimum absolute atomic E-state index is 0.00427. The van der Waals surface area contributed by atoms with Gasteiger partial charge in [0.05, 0.1) is 18.8 Å². The molecular weight excluding hydrogens is 490 g/mol. The molecule has 1 aliphatic heterocycles. The van der Waals surface area contributed by atoms with Crippen molar-refractivity contribution in [3.8, 4) is 0 Å². The lowest BCUT2D eigenvalue weighted by Crippen LogP contribution is -2.31. The monoisotopic (exact) mass is 517 g/mol. The predicted octanol–water partition coefficient (Wildman–Crippen LogP) is 4.29. The minimum Gasteiger partial charge on any atom is -0.392 e. The van der Waals surface area contributed by atoms with Gasteiger partial charge in [0, 0.05) is 36.0 Å². The summed E-state index contributed by atoms with van der Waals surface area (Å²) in [6, 6.07) is 24.4. The molecule has 0 saturated carbocycles. The molecule has 1 fully saturated rings. The number of anilines is 1. The van der Waals surface area contributed by atoms with Crippen LogP contribution in [0.15, 0.2) is 84.0 Å². The van der Waals surface area contributed by atoms with Crippen molar-refractivity contribution in [1.82, 2.24) is 20.2 Å². The van der Waals surface area contributed by atoms with Crippen LogP contribution in [0.1, 0.15) is 45.9 Å². The number of carbonyl (C=O) groups is 1. The molecule has 190 valence electrons. The number of nitrogens with one attached hydrogen (secondary N) is 1.